The first-order valence-electron chi connectivity index (χ1n) is 9.30. The van der Waals surface area contributed by atoms with Crippen molar-refractivity contribution in [1.29, 1.82) is 0 Å². The highest BCUT2D eigenvalue weighted by molar-refractivity contribution is 7.90. The zero-order valence-corrected chi connectivity index (χ0v) is 20.8. The van der Waals surface area contributed by atoms with Crippen LogP contribution in [0.4, 0.5) is 0 Å². The second kappa shape index (κ2) is 9.37. The first-order chi connectivity index (χ1) is 15.2. The lowest BCUT2D eigenvalue weighted by Crippen LogP contribution is -2.29. The van der Waals surface area contributed by atoms with Gasteiger partial charge in [-0.25, -0.2) is 26.8 Å². The third-order valence-corrected chi connectivity index (χ3v) is 6.61. The van der Waals surface area contributed by atoms with Gasteiger partial charge in [-0.3, -0.25) is 4.79 Å². The molecule has 176 valence electrons. The minimum atomic E-state index is -3.59. The number of rotatable bonds is 7. The summed E-state index contributed by atoms with van der Waals surface area (Å²) in [5, 5.41) is 7.40. The summed E-state index contributed by atoms with van der Waals surface area (Å²) in [4.78, 5) is 21.2. The smallest absolute Gasteiger partial charge is 0.251 e. The van der Waals surface area contributed by atoms with E-state index in [-0.39, 0.29) is 27.1 Å². The molecule has 1 unspecified atom stereocenters. The number of carbonyl (C=O) groups is 1. The molecule has 14 heteroatoms. The Labute approximate surface area is 200 Å². The van der Waals surface area contributed by atoms with Gasteiger partial charge in [0.15, 0.2) is 37.1 Å². The summed E-state index contributed by atoms with van der Waals surface area (Å²) < 4.78 is 48.5. The third kappa shape index (κ3) is 6.50. The average Bonchev–Trinajstić information content (AvgIpc) is 3.09. The molecule has 0 aliphatic rings. The van der Waals surface area contributed by atoms with Crippen molar-refractivity contribution in [1.82, 2.24) is 25.1 Å². The van der Waals surface area contributed by atoms with Gasteiger partial charge in [-0.05, 0) is 37.3 Å². The monoisotopic (exact) mass is 531 g/mol. The van der Waals surface area contributed by atoms with Gasteiger partial charge in [0.25, 0.3) is 5.91 Å². The van der Waals surface area contributed by atoms with Gasteiger partial charge in [0.1, 0.15) is 5.75 Å². The Morgan fingerprint density at radius 3 is 2.36 bits per heavy atom. The van der Waals surface area contributed by atoms with Gasteiger partial charge in [0.05, 0.1) is 16.0 Å². The van der Waals surface area contributed by atoms with Crippen LogP contribution in [0.25, 0.3) is 5.82 Å². The zero-order valence-electron chi connectivity index (χ0n) is 17.7. The van der Waals surface area contributed by atoms with E-state index < -0.39 is 37.4 Å². The van der Waals surface area contributed by atoms with E-state index >= 15 is 0 Å². The molecule has 0 spiro atoms. The topological polar surface area (TPSA) is 141 Å². The number of hydrogen-bond donors (Lipinski definition) is 1. The molecule has 0 bridgehead atoms. The summed E-state index contributed by atoms with van der Waals surface area (Å²) >= 11 is 11.9. The number of amides is 1. The SMILES string of the molecule is CC(NC(=O)c1cc(Cl)cc(S(C)(=O)=O)c1)c1nc(CS(C)(=O)=O)nn1-c1ccc(Cl)cn1. The number of nitrogens with one attached hydrogen (secondary N) is 1. The Hall–Kier alpha value is -2.54. The maximum Gasteiger partial charge on any atom is 0.251 e. The number of aromatic nitrogens is 4. The number of benzene rings is 1. The molecule has 10 nitrogen and oxygen atoms in total. The Morgan fingerprint density at radius 1 is 1.09 bits per heavy atom. The predicted octanol–water partition coefficient (Wildman–Crippen LogP) is 2.41. The van der Waals surface area contributed by atoms with Gasteiger partial charge >= 0.3 is 0 Å². The van der Waals surface area contributed by atoms with Gasteiger partial charge in [-0.15, -0.1) is 5.10 Å². The molecule has 3 rings (SSSR count). The van der Waals surface area contributed by atoms with Crippen LogP contribution >= 0.6 is 23.2 Å². The molecular weight excluding hydrogens is 513 g/mol. The lowest BCUT2D eigenvalue weighted by molar-refractivity contribution is 0.0937. The van der Waals surface area contributed by atoms with Crippen LogP contribution in [0.5, 0.6) is 0 Å². The Bertz CT molecular complexity index is 1420. The van der Waals surface area contributed by atoms with Crippen molar-refractivity contribution in [2.24, 2.45) is 0 Å². The van der Waals surface area contributed by atoms with Crippen LogP contribution in [0.15, 0.2) is 41.4 Å². The zero-order chi connectivity index (χ0) is 24.6. The Kier molecular flexibility index (Phi) is 7.13. The highest BCUT2D eigenvalue weighted by Gasteiger charge is 2.23. The first-order valence-corrected chi connectivity index (χ1v) is 14.0. The van der Waals surface area contributed by atoms with Crippen molar-refractivity contribution >= 4 is 48.8 Å². The lowest BCUT2D eigenvalue weighted by atomic mass is 10.2. The fourth-order valence-electron chi connectivity index (χ4n) is 2.86. The lowest BCUT2D eigenvalue weighted by Gasteiger charge is -2.15. The first kappa shape index (κ1) is 25.1. The van der Waals surface area contributed by atoms with Crippen LogP contribution in [0.1, 0.15) is 35.0 Å². The molecule has 1 amide bonds. The summed E-state index contributed by atoms with van der Waals surface area (Å²) in [5.74, 6) is -0.481. The number of nitrogens with zero attached hydrogens (tertiary/aromatic N) is 4. The second-order valence-corrected chi connectivity index (χ2v) is 12.4. The normalized spacial score (nSPS) is 13.0. The molecule has 1 aromatic carbocycles. The molecule has 1 N–H and O–H groups in total. The van der Waals surface area contributed by atoms with E-state index in [1.807, 2.05) is 0 Å². The van der Waals surface area contributed by atoms with Crippen LogP contribution in [-0.4, -0.2) is 55.0 Å². The number of carbonyl (C=O) groups excluding carboxylic acids is 1. The molecule has 0 aliphatic carbocycles. The van der Waals surface area contributed by atoms with Crippen LogP contribution in [0, 0.1) is 0 Å². The van der Waals surface area contributed by atoms with Crippen molar-refractivity contribution in [3.63, 3.8) is 0 Å². The van der Waals surface area contributed by atoms with Gasteiger partial charge in [-0.2, -0.15) is 4.68 Å². The molecule has 2 heterocycles. The maximum absolute atomic E-state index is 12.8. The fourth-order valence-corrected chi connectivity index (χ4v) is 4.54. The quantitative estimate of drug-likeness (QED) is 0.489. The largest absolute Gasteiger partial charge is 0.342 e. The van der Waals surface area contributed by atoms with Crippen LogP contribution in [0.3, 0.4) is 0 Å². The third-order valence-electron chi connectivity index (χ3n) is 4.29. The van der Waals surface area contributed by atoms with E-state index in [1.54, 1.807) is 19.1 Å². The fraction of sp³-hybridized carbons (Fsp3) is 0.263. The summed E-state index contributed by atoms with van der Waals surface area (Å²) in [6.07, 6.45) is 3.45. The molecule has 0 aliphatic heterocycles. The second-order valence-electron chi connectivity index (χ2n) is 7.35. The van der Waals surface area contributed by atoms with Crippen molar-refractivity contribution < 1.29 is 21.6 Å². The molecule has 33 heavy (non-hydrogen) atoms. The molecular formula is C19H19Cl2N5O5S2. The van der Waals surface area contributed by atoms with E-state index in [4.69, 9.17) is 23.2 Å². The average molecular weight is 532 g/mol. The van der Waals surface area contributed by atoms with Gasteiger partial charge in [0.2, 0.25) is 0 Å². The van der Waals surface area contributed by atoms with Crippen molar-refractivity contribution in [2.45, 2.75) is 23.6 Å². The number of hydrogen-bond acceptors (Lipinski definition) is 8. The van der Waals surface area contributed by atoms with E-state index in [0.717, 1.165) is 12.5 Å². The Balaban J connectivity index is 1.97. The minimum Gasteiger partial charge on any atom is -0.342 e. The van der Waals surface area contributed by atoms with E-state index in [2.05, 4.69) is 20.4 Å². The van der Waals surface area contributed by atoms with Crippen molar-refractivity contribution in [2.75, 3.05) is 12.5 Å². The standard InChI is InChI=1S/C19H19Cl2N5O5S2/c1-11(23-19(27)12-6-14(21)8-15(7-12)33(3,30)31)18-24-16(10-32(2,28)29)25-26(18)17-5-4-13(20)9-22-17/h4-9,11H,10H2,1-3H3,(H,23,27). The number of halogens is 2. The van der Waals surface area contributed by atoms with Gasteiger partial charge in [0, 0.05) is 29.3 Å². The van der Waals surface area contributed by atoms with E-state index in [9.17, 15) is 21.6 Å². The van der Waals surface area contributed by atoms with Crippen LogP contribution in [-0.2, 0) is 25.4 Å². The van der Waals surface area contributed by atoms with Gasteiger partial charge < -0.3 is 5.32 Å². The summed E-state index contributed by atoms with van der Waals surface area (Å²) in [7, 11) is -7.01. The van der Waals surface area contributed by atoms with Crippen LogP contribution in [0.2, 0.25) is 10.0 Å². The van der Waals surface area contributed by atoms with Crippen molar-refractivity contribution in [3.05, 3.63) is 63.8 Å². The molecule has 0 saturated heterocycles. The summed E-state index contributed by atoms with van der Waals surface area (Å²) in [5.41, 5.74) is 0.0295. The summed E-state index contributed by atoms with van der Waals surface area (Å²) in [6, 6.07) is 6.17. The molecule has 3 aromatic rings. The molecule has 0 saturated carbocycles. The molecule has 1 atom stereocenters. The minimum absolute atomic E-state index is 0.0208. The molecule has 0 radical (unpaired) electrons. The number of sulfone groups is 2. The highest BCUT2D eigenvalue weighted by atomic mass is 35.5. The van der Waals surface area contributed by atoms with Crippen molar-refractivity contribution in [3.8, 4) is 5.82 Å². The highest BCUT2D eigenvalue weighted by Crippen LogP contribution is 2.21. The van der Waals surface area contributed by atoms with E-state index in [1.165, 1.54) is 29.1 Å². The predicted molar refractivity (Wildman–Crippen MR) is 123 cm³/mol. The molecule has 0 fully saturated rings. The Morgan fingerprint density at radius 2 is 1.79 bits per heavy atom. The van der Waals surface area contributed by atoms with Gasteiger partial charge in [-0.1, -0.05) is 23.2 Å². The maximum atomic E-state index is 12.8. The van der Waals surface area contributed by atoms with Crippen LogP contribution < -0.4 is 5.32 Å². The molecule has 2 aromatic heterocycles. The summed E-state index contributed by atoms with van der Waals surface area (Å²) in [6.45, 7) is 1.61. The van der Waals surface area contributed by atoms with E-state index in [0.29, 0.717) is 10.8 Å². The number of pyridine rings is 1.